The molecule has 5 nitrogen and oxygen atoms in total. The second-order valence-corrected chi connectivity index (χ2v) is 6.63. The standard InChI is InChI=1S/C22H30N2O3/c1-3-4-8-22(26)19-9-11-20(12-10-19)24(17(2)25)14-13-18-6-5-7-21(15-18)27-16-23/h5-7,9-12,15,22,26H,3-4,8,13-14,16,23H2,1-2H3. The largest absolute Gasteiger partial charge is 0.479 e. The van der Waals surface area contributed by atoms with E-state index in [9.17, 15) is 9.90 Å². The first-order valence-corrected chi connectivity index (χ1v) is 9.53. The number of nitrogens with zero attached hydrogens (tertiary/aromatic N) is 1. The minimum absolute atomic E-state index is 0.0105. The molecule has 2 aromatic rings. The molecule has 1 unspecified atom stereocenters. The minimum atomic E-state index is -0.449. The number of carbonyl (C=O) groups excluding carboxylic acids is 1. The fourth-order valence-corrected chi connectivity index (χ4v) is 3.04. The molecule has 0 aromatic heterocycles. The number of unbranched alkanes of at least 4 members (excludes halogenated alkanes) is 1. The molecule has 0 spiro atoms. The molecule has 0 heterocycles. The Bertz CT molecular complexity index is 716. The van der Waals surface area contributed by atoms with Crippen LogP contribution in [0.15, 0.2) is 48.5 Å². The predicted octanol–water partition coefficient (Wildman–Crippen LogP) is 3.80. The van der Waals surface area contributed by atoms with Crippen LogP contribution in [0, 0.1) is 0 Å². The van der Waals surface area contributed by atoms with Gasteiger partial charge < -0.3 is 14.7 Å². The molecule has 27 heavy (non-hydrogen) atoms. The molecule has 0 fully saturated rings. The van der Waals surface area contributed by atoms with Crippen molar-refractivity contribution in [3.8, 4) is 5.75 Å². The number of ether oxygens (including phenoxy) is 1. The van der Waals surface area contributed by atoms with E-state index < -0.39 is 6.10 Å². The monoisotopic (exact) mass is 370 g/mol. The van der Waals surface area contributed by atoms with Crippen molar-refractivity contribution in [2.24, 2.45) is 5.73 Å². The van der Waals surface area contributed by atoms with E-state index in [2.05, 4.69) is 6.92 Å². The van der Waals surface area contributed by atoms with Crippen LogP contribution in [0.25, 0.3) is 0 Å². The molecule has 0 aliphatic carbocycles. The average molecular weight is 370 g/mol. The maximum atomic E-state index is 12.1. The molecule has 5 heteroatoms. The minimum Gasteiger partial charge on any atom is -0.479 e. The first-order chi connectivity index (χ1) is 13.0. The Balaban J connectivity index is 2.04. The van der Waals surface area contributed by atoms with Gasteiger partial charge in [0.05, 0.1) is 6.10 Å². The molecule has 2 rings (SSSR count). The third-order valence-electron chi connectivity index (χ3n) is 4.57. The molecule has 0 saturated heterocycles. The quantitative estimate of drug-likeness (QED) is 0.624. The molecule has 3 N–H and O–H groups in total. The van der Waals surface area contributed by atoms with Crippen molar-refractivity contribution in [1.29, 1.82) is 0 Å². The number of aliphatic hydroxyl groups is 1. The van der Waals surface area contributed by atoms with E-state index >= 15 is 0 Å². The van der Waals surface area contributed by atoms with Gasteiger partial charge in [-0.15, -0.1) is 0 Å². The average Bonchev–Trinajstić information content (AvgIpc) is 2.67. The van der Waals surface area contributed by atoms with E-state index in [0.29, 0.717) is 13.0 Å². The van der Waals surface area contributed by atoms with Gasteiger partial charge in [0.2, 0.25) is 5.91 Å². The van der Waals surface area contributed by atoms with E-state index in [1.54, 1.807) is 11.8 Å². The summed E-state index contributed by atoms with van der Waals surface area (Å²) in [5, 5.41) is 10.2. The van der Waals surface area contributed by atoms with Crippen LogP contribution in [0.4, 0.5) is 5.69 Å². The number of hydrogen-bond acceptors (Lipinski definition) is 4. The topological polar surface area (TPSA) is 75.8 Å². The summed E-state index contributed by atoms with van der Waals surface area (Å²) in [6, 6.07) is 15.3. The van der Waals surface area contributed by atoms with Gasteiger partial charge in [0, 0.05) is 19.2 Å². The highest BCUT2D eigenvalue weighted by Crippen LogP contribution is 2.23. The number of hydrogen-bond donors (Lipinski definition) is 2. The van der Waals surface area contributed by atoms with Crippen molar-refractivity contribution in [3.63, 3.8) is 0 Å². The molecule has 0 saturated carbocycles. The molecule has 0 radical (unpaired) electrons. The molecule has 146 valence electrons. The highest BCUT2D eigenvalue weighted by atomic mass is 16.5. The van der Waals surface area contributed by atoms with Crippen molar-refractivity contribution in [1.82, 2.24) is 0 Å². The summed E-state index contributed by atoms with van der Waals surface area (Å²) in [6.45, 7) is 4.38. The summed E-state index contributed by atoms with van der Waals surface area (Å²) in [7, 11) is 0. The highest BCUT2D eigenvalue weighted by molar-refractivity contribution is 5.91. The van der Waals surface area contributed by atoms with Crippen molar-refractivity contribution in [3.05, 3.63) is 59.7 Å². The Kier molecular flexibility index (Phi) is 8.30. The molecular formula is C22H30N2O3. The van der Waals surface area contributed by atoms with Crippen LogP contribution in [-0.4, -0.2) is 24.3 Å². The Morgan fingerprint density at radius 3 is 2.59 bits per heavy atom. The third kappa shape index (κ3) is 6.38. The van der Waals surface area contributed by atoms with Gasteiger partial charge in [0.15, 0.2) is 0 Å². The van der Waals surface area contributed by atoms with E-state index in [1.165, 1.54) is 0 Å². The van der Waals surface area contributed by atoms with Crippen molar-refractivity contribution in [2.45, 2.75) is 45.6 Å². The van der Waals surface area contributed by atoms with Gasteiger partial charge in [-0.05, 0) is 48.2 Å². The second kappa shape index (κ2) is 10.7. The number of aliphatic hydroxyl groups excluding tert-OH is 1. The van der Waals surface area contributed by atoms with Gasteiger partial charge in [-0.1, -0.05) is 44.0 Å². The lowest BCUT2D eigenvalue weighted by atomic mass is 10.0. The van der Waals surface area contributed by atoms with Gasteiger partial charge in [0.1, 0.15) is 12.5 Å². The van der Waals surface area contributed by atoms with E-state index in [-0.39, 0.29) is 12.6 Å². The fourth-order valence-electron chi connectivity index (χ4n) is 3.04. The van der Waals surface area contributed by atoms with Crippen LogP contribution in [0.5, 0.6) is 5.75 Å². The zero-order chi connectivity index (χ0) is 19.6. The molecule has 0 aliphatic heterocycles. The lowest BCUT2D eigenvalue weighted by Gasteiger charge is -2.22. The summed E-state index contributed by atoms with van der Waals surface area (Å²) in [6.07, 6.45) is 3.07. The Morgan fingerprint density at radius 1 is 1.22 bits per heavy atom. The first kappa shape index (κ1) is 20.9. The normalized spacial score (nSPS) is 11.9. The molecule has 0 bridgehead atoms. The Hall–Kier alpha value is -2.37. The molecule has 0 aliphatic rings. The van der Waals surface area contributed by atoms with Gasteiger partial charge in [-0.3, -0.25) is 10.5 Å². The zero-order valence-corrected chi connectivity index (χ0v) is 16.2. The summed E-state index contributed by atoms with van der Waals surface area (Å²) < 4.78 is 5.32. The van der Waals surface area contributed by atoms with Gasteiger partial charge in [-0.25, -0.2) is 0 Å². The van der Waals surface area contributed by atoms with Crippen molar-refractivity contribution < 1.29 is 14.6 Å². The number of nitrogens with two attached hydrogens (primary N) is 1. The molecule has 1 atom stereocenters. The van der Waals surface area contributed by atoms with Gasteiger partial charge in [0.25, 0.3) is 0 Å². The number of rotatable bonds is 10. The van der Waals surface area contributed by atoms with Crippen molar-refractivity contribution >= 4 is 11.6 Å². The fraction of sp³-hybridized carbons (Fsp3) is 0.409. The maximum absolute atomic E-state index is 12.1. The number of carbonyl (C=O) groups is 1. The molecule has 1 amide bonds. The third-order valence-corrected chi connectivity index (χ3v) is 4.57. The van der Waals surface area contributed by atoms with Crippen LogP contribution in [0.2, 0.25) is 0 Å². The first-order valence-electron chi connectivity index (χ1n) is 9.53. The predicted molar refractivity (Wildman–Crippen MR) is 109 cm³/mol. The molecular weight excluding hydrogens is 340 g/mol. The zero-order valence-electron chi connectivity index (χ0n) is 16.2. The van der Waals surface area contributed by atoms with E-state index in [1.807, 2.05) is 48.5 Å². The Labute approximate surface area is 161 Å². The summed E-state index contributed by atoms with van der Waals surface area (Å²) >= 11 is 0. The maximum Gasteiger partial charge on any atom is 0.223 e. The van der Waals surface area contributed by atoms with E-state index in [0.717, 1.165) is 41.8 Å². The highest BCUT2D eigenvalue weighted by Gasteiger charge is 2.13. The number of amides is 1. The lowest BCUT2D eigenvalue weighted by Crippen LogP contribution is -2.30. The molecule has 2 aromatic carbocycles. The van der Waals surface area contributed by atoms with E-state index in [4.69, 9.17) is 10.5 Å². The SMILES string of the molecule is CCCCC(O)c1ccc(N(CCc2cccc(OCN)c2)C(C)=O)cc1. The van der Waals surface area contributed by atoms with Crippen LogP contribution in [-0.2, 0) is 11.2 Å². The van der Waals surface area contributed by atoms with Crippen LogP contribution in [0.1, 0.15) is 50.3 Å². The summed E-state index contributed by atoms with van der Waals surface area (Å²) in [4.78, 5) is 13.9. The van der Waals surface area contributed by atoms with Gasteiger partial charge in [-0.2, -0.15) is 0 Å². The number of benzene rings is 2. The second-order valence-electron chi connectivity index (χ2n) is 6.63. The van der Waals surface area contributed by atoms with Gasteiger partial charge >= 0.3 is 0 Å². The Morgan fingerprint density at radius 2 is 1.96 bits per heavy atom. The summed E-state index contributed by atoms with van der Waals surface area (Å²) in [5.74, 6) is 0.721. The van der Waals surface area contributed by atoms with Crippen LogP contribution < -0.4 is 15.4 Å². The smallest absolute Gasteiger partial charge is 0.223 e. The van der Waals surface area contributed by atoms with Crippen LogP contribution >= 0.6 is 0 Å². The van der Waals surface area contributed by atoms with Crippen LogP contribution in [0.3, 0.4) is 0 Å². The van der Waals surface area contributed by atoms with Crippen molar-refractivity contribution in [2.75, 3.05) is 18.2 Å². The lowest BCUT2D eigenvalue weighted by molar-refractivity contribution is -0.116. The number of anilines is 1. The summed E-state index contributed by atoms with van der Waals surface area (Å²) in [5.41, 5.74) is 8.23.